The average Bonchev–Trinajstić information content (AvgIpc) is 3.13. The van der Waals surface area contributed by atoms with Gasteiger partial charge in [-0.3, -0.25) is 10.1 Å². The minimum atomic E-state index is 0.228. The second-order valence-corrected chi connectivity index (χ2v) is 5.69. The van der Waals surface area contributed by atoms with Gasteiger partial charge in [-0.2, -0.15) is 5.10 Å². The van der Waals surface area contributed by atoms with E-state index >= 15 is 0 Å². The number of benzene rings is 2. The predicted octanol–water partition coefficient (Wildman–Crippen LogP) is 4.22. The Hall–Kier alpha value is -3.60. The van der Waals surface area contributed by atoms with Gasteiger partial charge >= 0.3 is 0 Å². The number of aromatic amines is 1. The summed E-state index contributed by atoms with van der Waals surface area (Å²) < 4.78 is 0. The van der Waals surface area contributed by atoms with Gasteiger partial charge in [0.15, 0.2) is 0 Å². The zero-order valence-electron chi connectivity index (χ0n) is 13.2. The minimum Gasteiger partial charge on any atom is -0.508 e. The third-order valence-electron chi connectivity index (χ3n) is 3.98. The van der Waals surface area contributed by atoms with Crippen molar-refractivity contribution in [3.63, 3.8) is 0 Å². The lowest BCUT2D eigenvalue weighted by atomic mass is 10.1. The third-order valence-corrected chi connectivity index (χ3v) is 3.98. The number of rotatable bonds is 3. The van der Waals surface area contributed by atoms with Crippen LogP contribution in [0, 0.1) is 0 Å². The van der Waals surface area contributed by atoms with E-state index in [4.69, 9.17) is 0 Å². The van der Waals surface area contributed by atoms with Gasteiger partial charge in [0.1, 0.15) is 11.5 Å². The molecule has 0 spiro atoms. The van der Waals surface area contributed by atoms with E-state index in [1.54, 1.807) is 30.5 Å². The largest absolute Gasteiger partial charge is 0.508 e. The number of pyridine rings is 1. The standard InChI is InChI=1S/C20H15N3O2/c24-16-6-1-13(2-7-16)15-5-10-18(21-12-15)20-11-19(22-23-20)14-3-8-17(25)9-4-14/h1-12,24-25H,(H,22,23). The number of nitrogens with one attached hydrogen (secondary N) is 1. The van der Waals surface area contributed by atoms with Crippen molar-refractivity contribution < 1.29 is 10.2 Å². The third kappa shape index (κ3) is 3.07. The van der Waals surface area contributed by atoms with Crippen LogP contribution in [0.1, 0.15) is 0 Å². The summed E-state index contributed by atoms with van der Waals surface area (Å²) in [6, 6.07) is 19.7. The summed E-state index contributed by atoms with van der Waals surface area (Å²) >= 11 is 0. The molecule has 25 heavy (non-hydrogen) atoms. The number of nitrogens with zero attached hydrogens (tertiary/aromatic N) is 2. The summed E-state index contributed by atoms with van der Waals surface area (Å²) in [5.41, 5.74) is 5.29. The van der Waals surface area contributed by atoms with E-state index in [1.807, 2.05) is 42.5 Å². The summed E-state index contributed by atoms with van der Waals surface area (Å²) in [5, 5.41) is 26.0. The van der Waals surface area contributed by atoms with Crippen LogP contribution in [0.25, 0.3) is 33.8 Å². The molecule has 0 radical (unpaired) electrons. The molecular formula is C20H15N3O2. The lowest BCUT2D eigenvalue weighted by molar-refractivity contribution is 0.475. The smallest absolute Gasteiger partial charge is 0.115 e. The quantitative estimate of drug-likeness (QED) is 0.526. The van der Waals surface area contributed by atoms with Crippen LogP contribution in [0.2, 0.25) is 0 Å². The van der Waals surface area contributed by atoms with E-state index in [0.717, 1.165) is 33.8 Å². The first-order valence-corrected chi connectivity index (χ1v) is 7.80. The second kappa shape index (κ2) is 6.13. The van der Waals surface area contributed by atoms with Crippen molar-refractivity contribution in [3.05, 3.63) is 72.9 Å². The van der Waals surface area contributed by atoms with E-state index in [2.05, 4.69) is 15.2 Å². The van der Waals surface area contributed by atoms with E-state index < -0.39 is 0 Å². The maximum Gasteiger partial charge on any atom is 0.115 e. The molecule has 0 unspecified atom stereocenters. The molecule has 0 aliphatic carbocycles. The first-order chi connectivity index (χ1) is 12.2. The molecule has 3 N–H and O–H groups in total. The van der Waals surface area contributed by atoms with E-state index in [-0.39, 0.29) is 11.5 Å². The topological polar surface area (TPSA) is 82.0 Å². The lowest BCUT2D eigenvalue weighted by Gasteiger charge is -2.03. The lowest BCUT2D eigenvalue weighted by Crippen LogP contribution is -1.85. The Kier molecular flexibility index (Phi) is 3.67. The molecule has 4 rings (SSSR count). The molecular weight excluding hydrogens is 314 g/mol. The van der Waals surface area contributed by atoms with Gasteiger partial charge in [0.25, 0.3) is 0 Å². The zero-order chi connectivity index (χ0) is 17.2. The molecule has 0 amide bonds. The molecule has 5 nitrogen and oxygen atoms in total. The van der Waals surface area contributed by atoms with Crippen LogP contribution >= 0.6 is 0 Å². The van der Waals surface area contributed by atoms with Gasteiger partial charge in [-0.15, -0.1) is 0 Å². The number of hydrogen-bond donors (Lipinski definition) is 3. The van der Waals surface area contributed by atoms with E-state index in [9.17, 15) is 10.2 Å². The van der Waals surface area contributed by atoms with Crippen LogP contribution in [-0.4, -0.2) is 25.4 Å². The SMILES string of the molecule is Oc1ccc(-c2ccc(-c3cc(-c4ccc(O)cc4)n[nH]3)nc2)cc1. The molecule has 2 heterocycles. The number of H-pyrrole nitrogens is 1. The highest BCUT2D eigenvalue weighted by molar-refractivity contribution is 5.69. The van der Waals surface area contributed by atoms with Gasteiger partial charge in [-0.05, 0) is 54.1 Å². The molecule has 0 aliphatic rings. The number of aromatic nitrogens is 3. The molecule has 5 heteroatoms. The fourth-order valence-electron chi connectivity index (χ4n) is 2.61. The number of phenolic OH excluding ortho intramolecular Hbond substituents is 2. The highest BCUT2D eigenvalue weighted by Crippen LogP contribution is 2.26. The molecule has 0 fully saturated rings. The second-order valence-electron chi connectivity index (χ2n) is 5.69. The molecule has 0 aliphatic heterocycles. The minimum absolute atomic E-state index is 0.228. The molecule has 122 valence electrons. The Morgan fingerprint density at radius 2 is 1.24 bits per heavy atom. The Morgan fingerprint density at radius 1 is 0.640 bits per heavy atom. The molecule has 2 aromatic heterocycles. The van der Waals surface area contributed by atoms with Crippen molar-refractivity contribution in [2.45, 2.75) is 0 Å². The Balaban J connectivity index is 1.60. The maximum absolute atomic E-state index is 9.37. The molecule has 2 aromatic carbocycles. The number of aromatic hydroxyl groups is 2. The van der Waals surface area contributed by atoms with Gasteiger partial charge in [0.2, 0.25) is 0 Å². The van der Waals surface area contributed by atoms with Crippen molar-refractivity contribution in [1.82, 2.24) is 15.2 Å². The predicted molar refractivity (Wildman–Crippen MR) is 96.0 cm³/mol. The van der Waals surface area contributed by atoms with Crippen molar-refractivity contribution in [3.8, 4) is 45.3 Å². The monoisotopic (exact) mass is 329 g/mol. The fraction of sp³-hybridized carbons (Fsp3) is 0. The maximum atomic E-state index is 9.37. The van der Waals surface area contributed by atoms with Crippen LogP contribution in [0.5, 0.6) is 11.5 Å². The summed E-state index contributed by atoms with van der Waals surface area (Å²) in [7, 11) is 0. The van der Waals surface area contributed by atoms with E-state index in [0.29, 0.717) is 0 Å². The summed E-state index contributed by atoms with van der Waals surface area (Å²) in [6.07, 6.45) is 1.79. The Morgan fingerprint density at radius 3 is 1.84 bits per heavy atom. The highest BCUT2D eigenvalue weighted by atomic mass is 16.3. The average molecular weight is 329 g/mol. The highest BCUT2D eigenvalue weighted by Gasteiger charge is 2.07. The summed E-state index contributed by atoms with van der Waals surface area (Å²) in [5.74, 6) is 0.471. The van der Waals surface area contributed by atoms with Gasteiger partial charge in [-0.1, -0.05) is 18.2 Å². The van der Waals surface area contributed by atoms with Gasteiger partial charge in [0.05, 0.1) is 17.1 Å². The molecule has 0 saturated carbocycles. The van der Waals surface area contributed by atoms with Crippen molar-refractivity contribution in [1.29, 1.82) is 0 Å². The van der Waals surface area contributed by atoms with Gasteiger partial charge in [0, 0.05) is 17.3 Å². The first kappa shape index (κ1) is 15.0. The first-order valence-electron chi connectivity index (χ1n) is 7.80. The molecule has 0 saturated heterocycles. The van der Waals surface area contributed by atoms with Crippen molar-refractivity contribution >= 4 is 0 Å². The normalized spacial score (nSPS) is 10.7. The Bertz CT molecular complexity index is 989. The van der Waals surface area contributed by atoms with Crippen LogP contribution in [-0.2, 0) is 0 Å². The van der Waals surface area contributed by atoms with Crippen LogP contribution < -0.4 is 0 Å². The number of phenols is 2. The zero-order valence-corrected chi connectivity index (χ0v) is 13.2. The van der Waals surface area contributed by atoms with Gasteiger partial charge in [-0.25, -0.2) is 0 Å². The van der Waals surface area contributed by atoms with E-state index in [1.165, 1.54) is 0 Å². The Labute approximate surface area is 144 Å². The van der Waals surface area contributed by atoms with Crippen molar-refractivity contribution in [2.24, 2.45) is 0 Å². The van der Waals surface area contributed by atoms with Gasteiger partial charge < -0.3 is 10.2 Å². The number of hydrogen-bond acceptors (Lipinski definition) is 4. The molecule has 0 atom stereocenters. The van der Waals surface area contributed by atoms with Crippen molar-refractivity contribution in [2.75, 3.05) is 0 Å². The van der Waals surface area contributed by atoms with Crippen LogP contribution in [0.4, 0.5) is 0 Å². The van der Waals surface area contributed by atoms with Crippen LogP contribution in [0.15, 0.2) is 72.9 Å². The summed E-state index contributed by atoms with van der Waals surface area (Å²) in [4.78, 5) is 4.50. The fourth-order valence-corrected chi connectivity index (χ4v) is 2.61. The molecule has 4 aromatic rings. The van der Waals surface area contributed by atoms with Crippen LogP contribution in [0.3, 0.4) is 0 Å². The summed E-state index contributed by atoms with van der Waals surface area (Å²) in [6.45, 7) is 0. The molecule has 0 bridgehead atoms.